The van der Waals surface area contributed by atoms with Gasteiger partial charge in [0.05, 0.1) is 12.1 Å². The third-order valence-electron chi connectivity index (χ3n) is 4.33. The largest absolute Gasteiger partial charge is 0.842 e. The highest BCUT2D eigenvalue weighted by Gasteiger charge is 2.22. The molecule has 0 N–H and O–H groups in total. The molecule has 4 aromatic rings. The summed E-state index contributed by atoms with van der Waals surface area (Å²) in [6.45, 7) is 0.131. The molecule has 0 saturated carbocycles. The third-order valence-corrected chi connectivity index (χ3v) is 4.79. The van der Waals surface area contributed by atoms with E-state index in [1.807, 2.05) is 0 Å². The molecule has 0 saturated heterocycles. The van der Waals surface area contributed by atoms with Gasteiger partial charge in [-0.2, -0.15) is 4.40 Å². The van der Waals surface area contributed by atoms with Crippen molar-refractivity contribution in [2.45, 2.75) is 6.54 Å². The summed E-state index contributed by atoms with van der Waals surface area (Å²) < 4.78 is 17.1. The minimum atomic E-state index is -0.700. The number of hydrogen-bond acceptors (Lipinski definition) is 3. The number of rotatable bonds is 3. The SMILES string of the molecule is O=c1c(-c2cc(Cl)ccc2F)c([O-])[n+](Cc2ccc(Cl)nc2)c2ccccn12. The van der Waals surface area contributed by atoms with Crippen LogP contribution in [-0.2, 0) is 6.54 Å². The minimum absolute atomic E-state index is 0.131. The van der Waals surface area contributed by atoms with E-state index >= 15 is 0 Å². The second-order valence-corrected chi connectivity index (χ2v) is 6.94. The quantitative estimate of drug-likeness (QED) is 0.381. The lowest BCUT2D eigenvalue weighted by molar-refractivity contribution is -0.708. The number of aromatic nitrogens is 3. The van der Waals surface area contributed by atoms with Gasteiger partial charge in [-0.15, -0.1) is 0 Å². The molecular weight excluding hydrogens is 404 g/mol. The lowest BCUT2D eigenvalue weighted by Crippen LogP contribution is -2.44. The highest BCUT2D eigenvalue weighted by Crippen LogP contribution is 2.27. The Hall–Kier alpha value is -2.96. The predicted octanol–water partition coefficient (Wildman–Crippen LogP) is 3.22. The molecule has 5 nitrogen and oxygen atoms in total. The molecule has 0 aliphatic rings. The van der Waals surface area contributed by atoms with Gasteiger partial charge >= 0.3 is 5.56 Å². The van der Waals surface area contributed by atoms with Gasteiger partial charge in [-0.1, -0.05) is 35.3 Å². The molecule has 0 fully saturated rings. The molecule has 140 valence electrons. The molecule has 0 atom stereocenters. The fraction of sp³-hybridized carbons (Fsp3) is 0.0500. The maximum Gasteiger partial charge on any atom is 0.349 e. The Labute approximate surface area is 168 Å². The van der Waals surface area contributed by atoms with Crippen molar-refractivity contribution in [2.75, 3.05) is 0 Å². The monoisotopic (exact) mass is 415 g/mol. The standard InChI is InChI=1S/C20H12Cl2FN3O2/c21-13-5-6-15(23)14(9-13)18-19(27)25-8-2-1-3-17(25)26(20(18)28)11-12-4-7-16(22)24-10-12/h1-10H,11H2. The molecule has 0 bridgehead atoms. The molecule has 0 unspecified atom stereocenters. The van der Waals surface area contributed by atoms with E-state index in [1.165, 1.54) is 27.3 Å². The Morgan fingerprint density at radius 1 is 1.14 bits per heavy atom. The van der Waals surface area contributed by atoms with Crippen molar-refractivity contribution >= 4 is 28.8 Å². The average Bonchev–Trinajstić information content (AvgIpc) is 2.69. The van der Waals surface area contributed by atoms with Crippen molar-refractivity contribution in [3.8, 4) is 17.0 Å². The van der Waals surface area contributed by atoms with E-state index in [0.29, 0.717) is 16.4 Å². The van der Waals surface area contributed by atoms with Gasteiger partial charge in [-0.05, 0) is 30.3 Å². The van der Waals surface area contributed by atoms with Gasteiger partial charge in [0.1, 0.15) is 23.1 Å². The fourth-order valence-electron chi connectivity index (χ4n) is 3.03. The van der Waals surface area contributed by atoms with Crippen molar-refractivity contribution in [3.63, 3.8) is 0 Å². The predicted molar refractivity (Wildman–Crippen MR) is 102 cm³/mol. The van der Waals surface area contributed by atoms with Crippen molar-refractivity contribution < 1.29 is 14.1 Å². The lowest BCUT2D eigenvalue weighted by atomic mass is 10.1. The normalized spacial score (nSPS) is 11.1. The van der Waals surface area contributed by atoms with Gasteiger partial charge in [0.15, 0.2) is 0 Å². The number of pyridine rings is 2. The molecule has 4 rings (SSSR count). The Kier molecular flexibility index (Phi) is 4.75. The Bertz CT molecular complexity index is 1260. The van der Waals surface area contributed by atoms with E-state index in [1.54, 1.807) is 36.5 Å². The second-order valence-electron chi connectivity index (χ2n) is 6.11. The lowest BCUT2D eigenvalue weighted by Gasteiger charge is -2.17. The van der Waals surface area contributed by atoms with Crippen LogP contribution in [0.15, 0.2) is 65.7 Å². The van der Waals surface area contributed by atoms with Gasteiger partial charge in [-0.25, -0.2) is 18.7 Å². The van der Waals surface area contributed by atoms with Gasteiger partial charge in [-0.3, -0.25) is 0 Å². The summed E-state index contributed by atoms with van der Waals surface area (Å²) >= 11 is 11.8. The summed E-state index contributed by atoms with van der Waals surface area (Å²) in [5.41, 5.74) is 0.0358. The highest BCUT2D eigenvalue weighted by molar-refractivity contribution is 6.30. The van der Waals surface area contributed by atoms with Crippen molar-refractivity contribution in [1.29, 1.82) is 0 Å². The molecule has 0 aliphatic carbocycles. The Morgan fingerprint density at radius 3 is 2.71 bits per heavy atom. The first-order valence-corrected chi connectivity index (χ1v) is 9.01. The van der Waals surface area contributed by atoms with Crippen molar-refractivity contribution in [1.82, 2.24) is 9.38 Å². The van der Waals surface area contributed by atoms with Gasteiger partial charge in [0.25, 0.3) is 5.65 Å². The van der Waals surface area contributed by atoms with E-state index in [4.69, 9.17) is 23.2 Å². The molecule has 0 radical (unpaired) electrons. The van der Waals surface area contributed by atoms with Crippen LogP contribution in [0, 0.1) is 5.82 Å². The number of hydrogen-bond donors (Lipinski definition) is 0. The molecule has 28 heavy (non-hydrogen) atoms. The summed E-state index contributed by atoms with van der Waals surface area (Å²) in [5, 5.41) is 13.8. The zero-order chi connectivity index (χ0) is 19.8. The number of fused-ring (bicyclic) bond motifs is 1. The molecule has 3 aromatic heterocycles. The van der Waals surface area contributed by atoms with Gasteiger partial charge < -0.3 is 5.11 Å². The summed E-state index contributed by atoms with van der Waals surface area (Å²) in [6, 6.07) is 12.1. The summed E-state index contributed by atoms with van der Waals surface area (Å²) in [4.78, 5) is 17.0. The van der Waals surface area contributed by atoms with Crippen molar-refractivity contribution in [2.24, 2.45) is 0 Å². The molecule has 1 aromatic carbocycles. The highest BCUT2D eigenvalue weighted by atomic mass is 35.5. The zero-order valence-corrected chi connectivity index (χ0v) is 15.8. The van der Waals surface area contributed by atoms with Crippen LogP contribution in [0.1, 0.15) is 5.56 Å². The molecule has 0 aliphatic heterocycles. The second kappa shape index (κ2) is 7.22. The number of benzene rings is 1. The maximum absolute atomic E-state index is 14.4. The first kappa shape index (κ1) is 18.4. The van der Waals surface area contributed by atoms with Crippen LogP contribution in [0.2, 0.25) is 10.2 Å². The van der Waals surface area contributed by atoms with Crippen LogP contribution >= 0.6 is 23.2 Å². The minimum Gasteiger partial charge on any atom is -0.842 e. The molecule has 0 spiro atoms. The number of halogens is 3. The first-order valence-electron chi connectivity index (χ1n) is 8.26. The van der Waals surface area contributed by atoms with Gasteiger partial charge in [0, 0.05) is 28.4 Å². The van der Waals surface area contributed by atoms with Crippen LogP contribution in [0.4, 0.5) is 4.39 Å². The Morgan fingerprint density at radius 2 is 1.96 bits per heavy atom. The molecule has 0 amide bonds. The third kappa shape index (κ3) is 3.21. The summed E-state index contributed by atoms with van der Waals surface area (Å²) in [6.07, 6.45) is 3.07. The van der Waals surface area contributed by atoms with Crippen LogP contribution in [0.5, 0.6) is 5.88 Å². The van der Waals surface area contributed by atoms with E-state index in [-0.39, 0.29) is 22.7 Å². The van der Waals surface area contributed by atoms with Crippen LogP contribution in [0.3, 0.4) is 0 Å². The maximum atomic E-state index is 14.4. The van der Waals surface area contributed by atoms with Crippen LogP contribution in [0.25, 0.3) is 16.8 Å². The summed E-state index contributed by atoms with van der Waals surface area (Å²) in [7, 11) is 0. The smallest absolute Gasteiger partial charge is 0.349 e. The Balaban J connectivity index is 2.03. The van der Waals surface area contributed by atoms with E-state index in [9.17, 15) is 14.3 Å². The average molecular weight is 416 g/mol. The topological polar surface area (TPSA) is 61.3 Å². The van der Waals surface area contributed by atoms with Crippen LogP contribution < -0.4 is 15.2 Å². The van der Waals surface area contributed by atoms with E-state index in [0.717, 1.165) is 6.07 Å². The number of nitrogens with zero attached hydrogens (tertiary/aromatic N) is 3. The van der Waals surface area contributed by atoms with Gasteiger partial charge in [0.2, 0.25) is 0 Å². The first-order chi connectivity index (χ1) is 13.5. The fourth-order valence-corrected chi connectivity index (χ4v) is 3.32. The van der Waals surface area contributed by atoms with E-state index < -0.39 is 17.3 Å². The van der Waals surface area contributed by atoms with E-state index in [2.05, 4.69) is 4.98 Å². The molecular formula is C20H12Cl2FN3O2. The zero-order valence-electron chi connectivity index (χ0n) is 14.3. The van der Waals surface area contributed by atoms with Crippen LogP contribution in [-0.4, -0.2) is 9.38 Å². The molecule has 8 heteroatoms. The van der Waals surface area contributed by atoms with Crippen molar-refractivity contribution in [3.05, 3.63) is 92.8 Å². The summed E-state index contributed by atoms with van der Waals surface area (Å²) in [5.74, 6) is -1.32. The molecule has 3 heterocycles.